The lowest BCUT2D eigenvalue weighted by molar-refractivity contribution is -0.143. The molecule has 6 heteroatoms. The van der Waals surface area contributed by atoms with Gasteiger partial charge in [-0.2, -0.15) is 0 Å². The Morgan fingerprint density at radius 2 is 2.05 bits per heavy atom. The Morgan fingerprint density at radius 1 is 1.37 bits per heavy atom. The Morgan fingerprint density at radius 3 is 2.58 bits per heavy atom. The maximum Gasteiger partial charge on any atom is 0.325 e. The summed E-state index contributed by atoms with van der Waals surface area (Å²) in [7, 11) is 0. The number of amides is 1. The van der Waals surface area contributed by atoms with Crippen molar-refractivity contribution in [2.75, 3.05) is 19.7 Å². The topological polar surface area (TPSA) is 51.5 Å². The number of carbonyl (C=O) groups excluding carboxylic acids is 2. The van der Waals surface area contributed by atoms with E-state index in [-0.39, 0.29) is 18.4 Å². The van der Waals surface area contributed by atoms with Gasteiger partial charge in [0.1, 0.15) is 12.2 Å². The summed E-state index contributed by atoms with van der Waals surface area (Å²) >= 11 is 3.36. The Hall–Kier alpha value is -1.30. The van der Waals surface area contributed by atoms with Gasteiger partial charge in [-0.25, -0.2) is 0 Å². The van der Waals surface area contributed by atoms with E-state index in [1.165, 1.54) is 4.90 Å². The first-order chi connectivity index (χ1) is 9.03. The van der Waals surface area contributed by atoms with Crippen molar-refractivity contribution in [3.05, 3.63) is 22.4 Å². The molecule has 1 amide bonds. The zero-order chi connectivity index (χ0) is 14.4. The van der Waals surface area contributed by atoms with E-state index in [4.69, 9.17) is 4.74 Å². The highest BCUT2D eigenvalue weighted by molar-refractivity contribution is 9.10. The minimum atomic E-state index is -0.383. The minimum absolute atomic E-state index is 0.0182. The quantitative estimate of drug-likeness (QED) is 0.752. The molecule has 1 rings (SSSR count). The number of aryl methyl sites for hydroxylation is 1. The van der Waals surface area contributed by atoms with Gasteiger partial charge in [0.2, 0.25) is 0 Å². The van der Waals surface area contributed by atoms with Crippen molar-refractivity contribution >= 4 is 27.8 Å². The van der Waals surface area contributed by atoms with Crippen LogP contribution in [0.1, 0.15) is 31.3 Å². The molecule has 106 valence electrons. The Labute approximate surface area is 121 Å². The molecule has 1 aromatic heterocycles. The molecule has 5 nitrogen and oxygen atoms in total. The van der Waals surface area contributed by atoms with Crippen molar-refractivity contribution in [2.24, 2.45) is 0 Å². The maximum absolute atomic E-state index is 12.4. The highest BCUT2D eigenvalue weighted by Gasteiger charge is 2.21. The van der Waals surface area contributed by atoms with Crippen LogP contribution in [0, 0.1) is 0 Å². The zero-order valence-electron chi connectivity index (χ0n) is 11.5. The summed E-state index contributed by atoms with van der Waals surface area (Å²) in [4.78, 5) is 25.3. The minimum Gasteiger partial charge on any atom is -0.465 e. The number of hydrogen-bond acceptors (Lipinski definition) is 3. The van der Waals surface area contributed by atoms with Crippen LogP contribution >= 0.6 is 15.9 Å². The van der Waals surface area contributed by atoms with Gasteiger partial charge >= 0.3 is 5.97 Å². The van der Waals surface area contributed by atoms with Crippen LogP contribution in [0.3, 0.4) is 0 Å². The molecule has 0 N–H and O–H groups in total. The molecule has 0 bridgehead atoms. The van der Waals surface area contributed by atoms with Crippen LogP contribution in [0.5, 0.6) is 0 Å². The van der Waals surface area contributed by atoms with Crippen molar-refractivity contribution in [1.29, 1.82) is 0 Å². The molecule has 0 radical (unpaired) electrons. The lowest BCUT2D eigenvalue weighted by Crippen LogP contribution is -2.37. The van der Waals surface area contributed by atoms with E-state index in [0.29, 0.717) is 25.4 Å². The second-order valence-corrected chi connectivity index (χ2v) is 4.87. The third-order valence-corrected chi connectivity index (χ3v) is 3.15. The fraction of sp³-hybridized carbons (Fsp3) is 0.538. The molecule has 0 unspecified atom stereocenters. The van der Waals surface area contributed by atoms with Crippen LogP contribution < -0.4 is 0 Å². The number of nitrogens with zero attached hydrogens (tertiary/aromatic N) is 2. The third kappa shape index (κ3) is 4.09. The van der Waals surface area contributed by atoms with Crippen molar-refractivity contribution in [3.63, 3.8) is 0 Å². The first-order valence-corrected chi connectivity index (χ1v) is 7.13. The first-order valence-electron chi connectivity index (χ1n) is 6.34. The molecule has 19 heavy (non-hydrogen) atoms. The molecule has 1 aromatic rings. The van der Waals surface area contributed by atoms with Crippen LogP contribution in [0.2, 0.25) is 0 Å². The van der Waals surface area contributed by atoms with Gasteiger partial charge in [0.05, 0.1) is 6.61 Å². The van der Waals surface area contributed by atoms with E-state index in [0.717, 1.165) is 4.47 Å². The molecule has 0 saturated heterocycles. The van der Waals surface area contributed by atoms with E-state index in [2.05, 4.69) is 15.9 Å². The molecule has 0 saturated carbocycles. The predicted molar refractivity (Wildman–Crippen MR) is 76.0 cm³/mol. The molecular weight excluding hydrogens is 312 g/mol. The average Bonchev–Trinajstić information content (AvgIpc) is 2.76. The van der Waals surface area contributed by atoms with Crippen molar-refractivity contribution < 1.29 is 14.3 Å². The van der Waals surface area contributed by atoms with Crippen molar-refractivity contribution in [3.8, 4) is 0 Å². The summed E-state index contributed by atoms with van der Waals surface area (Å²) in [6, 6.07) is 1.76. The fourth-order valence-electron chi connectivity index (χ4n) is 1.77. The molecule has 0 aliphatic heterocycles. The number of halogens is 1. The first kappa shape index (κ1) is 15.8. The summed E-state index contributed by atoms with van der Waals surface area (Å²) in [5.41, 5.74) is 0.570. The number of carbonyl (C=O) groups is 2. The summed E-state index contributed by atoms with van der Waals surface area (Å²) in [5.74, 6) is -0.547. The summed E-state index contributed by atoms with van der Waals surface area (Å²) in [6.45, 7) is 7.01. The largest absolute Gasteiger partial charge is 0.465 e. The van der Waals surface area contributed by atoms with Crippen LogP contribution in [0.15, 0.2) is 16.7 Å². The molecule has 1 heterocycles. The third-order valence-electron chi connectivity index (χ3n) is 2.72. The standard InChI is InChI=1S/C13H19BrN2O3/c1-4-15-8-10(14)7-11(15)13(18)16(5-2)9-12(17)19-6-3/h7-8H,4-6,9H2,1-3H3. The highest BCUT2D eigenvalue weighted by Crippen LogP contribution is 2.16. The van der Waals surface area contributed by atoms with Gasteiger partial charge in [0.25, 0.3) is 5.91 Å². The number of likely N-dealkylation sites (N-methyl/N-ethyl adjacent to an activating group) is 1. The van der Waals surface area contributed by atoms with Gasteiger partial charge in [-0.05, 0) is 42.8 Å². The second-order valence-electron chi connectivity index (χ2n) is 3.95. The molecule has 0 atom stereocenters. The number of ether oxygens (including phenoxy) is 1. The number of esters is 1. The van der Waals surface area contributed by atoms with E-state index in [9.17, 15) is 9.59 Å². The van der Waals surface area contributed by atoms with Gasteiger partial charge in [-0.1, -0.05) is 0 Å². The summed E-state index contributed by atoms with van der Waals surface area (Å²) < 4.78 is 7.57. The van der Waals surface area contributed by atoms with E-state index >= 15 is 0 Å². The van der Waals surface area contributed by atoms with Gasteiger partial charge in [-0.3, -0.25) is 9.59 Å². The SMILES string of the molecule is CCOC(=O)CN(CC)C(=O)c1cc(Br)cn1CC. The average molecular weight is 331 g/mol. The molecular formula is C13H19BrN2O3. The fourth-order valence-corrected chi connectivity index (χ4v) is 2.23. The van der Waals surface area contributed by atoms with Crippen molar-refractivity contribution in [2.45, 2.75) is 27.3 Å². The molecule has 0 fully saturated rings. The number of rotatable bonds is 6. The van der Waals surface area contributed by atoms with Crippen LogP contribution in [-0.2, 0) is 16.1 Å². The summed E-state index contributed by atoms with van der Waals surface area (Å²) in [5, 5.41) is 0. The van der Waals surface area contributed by atoms with E-state index < -0.39 is 0 Å². The highest BCUT2D eigenvalue weighted by atomic mass is 79.9. The monoisotopic (exact) mass is 330 g/mol. The Bertz CT molecular complexity index is 457. The van der Waals surface area contributed by atoms with Crippen LogP contribution in [0.4, 0.5) is 0 Å². The smallest absolute Gasteiger partial charge is 0.325 e. The van der Waals surface area contributed by atoms with Crippen molar-refractivity contribution in [1.82, 2.24) is 9.47 Å². The van der Waals surface area contributed by atoms with Gasteiger partial charge < -0.3 is 14.2 Å². The number of aromatic nitrogens is 1. The maximum atomic E-state index is 12.4. The van der Waals surface area contributed by atoms with Gasteiger partial charge in [0.15, 0.2) is 0 Å². The van der Waals surface area contributed by atoms with Crippen LogP contribution in [-0.4, -0.2) is 41.0 Å². The van der Waals surface area contributed by atoms with E-state index in [1.54, 1.807) is 13.0 Å². The number of hydrogen-bond donors (Lipinski definition) is 0. The predicted octanol–water partition coefficient (Wildman–Crippen LogP) is 2.30. The van der Waals surface area contributed by atoms with Crippen LogP contribution in [0.25, 0.3) is 0 Å². The molecule has 0 aliphatic carbocycles. The molecule has 0 aliphatic rings. The lowest BCUT2D eigenvalue weighted by atomic mass is 10.3. The normalized spacial score (nSPS) is 10.3. The second kappa shape index (κ2) is 7.33. The zero-order valence-corrected chi connectivity index (χ0v) is 13.1. The molecule has 0 spiro atoms. The van der Waals surface area contributed by atoms with Gasteiger partial charge in [0, 0.05) is 23.8 Å². The Balaban J connectivity index is 2.85. The molecule has 0 aromatic carbocycles. The lowest BCUT2D eigenvalue weighted by Gasteiger charge is -2.20. The van der Waals surface area contributed by atoms with Gasteiger partial charge in [-0.15, -0.1) is 0 Å². The Kier molecular flexibility index (Phi) is 6.08. The van der Waals surface area contributed by atoms with E-state index in [1.807, 2.05) is 24.6 Å². The summed E-state index contributed by atoms with van der Waals surface area (Å²) in [6.07, 6.45) is 1.85.